The Balaban J connectivity index is 2.06. The standard InChI is InChI=1S/C17H27NO2/c1-11-6-5-7-15(12(11)2)18-13(3)14-8-9-16(19)17(10-14)20-4/h8-13,15,18-19H,5-7H2,1-4H3. The molecule has 1 aliphatic rings. The van der Waals surface area contributed by atoms with E-state index < -0.39 is 0 Å². The van der Waals surface area contributed by atoms with Gasteiger partial charge in [0.1, 0.15) is 0 Å². The Morgan fingerprint density at radius 2 is 2.05 bits per heavy atom. The quantitative estimate of drug-likeness (QED) is 0.877. The van der Waals surface area contributed by atoms with E-state index in [0.29, 0.717) is 17.7 Å². The highest BCUT2D eigenvalue weighted by Gasteiger charge is 2.28. The fourth-order valence-corrected chi connectivity index (χ4v) is 3.20. The van der Waals surface area contributed by atoms with E-state index in [1.165, 1.54) is 19.3 Å². The second kappa shape index (κ2) is 6.49. The molecule has 4 atom stereocenters. The molecule has 1 aromatic carbocycles. The van der Waals surface area contributed by atoms with Crippen molar-refractivity contribution in [2.45, 2.75) is 52.1 Å². The van der Waals surface area contributed by atoms with E-state index >= 15 is 0 Å². The zero-order valence-corrected chi connectivity index (χ0v) is 13.0. The van der Waals surface area contributed by atoms with Gasteiger partial charge in [-0.3, -0.25) is 0 Å². The minimum atomic E-state index is 0.197. The average molecular weight is 277 g/mol. The van der Waals surface area contributed by atoms with Crippen molar-refractivity contribution < 1.29 is 9.84 Å². The number of phenols is 1. The maximum absolute atomic E-state index is 9.67. The summed E-state index contributed by atoms with van der Waals surface area (Å²) in [5, 5.41) is 13.4. The monoisotopic (exact) mass is 277 g/mol. The van der Waals surface area contributed by atoms with Crippen LogP contribution in [-0.4, -0.2) is 18.3 Å². The summed E-state index contributed by atoms with van der Waals surface area (Å²) in [4.78, 5) is 0. The number of nitrogens with one attached hydrogen (secondary N) is 1. The van der Waals surface area contributed by atoms with E-state index in [1.807, 2.05) is 12.1 Å². The average Bonchev–Trinajstić information content (AvgIpc) is 2.44. The number of hydrogen-bond donors (Lipinski definition) is 2. The summed E-state index contributed by atoms with van der Waals surface area (Å²) in [6, 6.07) is 6.44. The zero-order valence-electron chi connectivity index (χ0n) is 13.0. The summed E-state index contributed by atoms with van der Waals surface area (Å²) < 4.78 is 5.19. The smallest absolute Gasteiger partial charge is 0.160 e. The Bertz CT molecular complexity index is 447. The molecule has 3 nitrogen and oxygen atoms in total. The van der Waals surface area contributed by atoms with Crippen molar-refractivity contribution in [3.05, 3.63) is 23.8 Å². The summed E-state index contributed by atoms with van der Waals surface area (Å²) in [6.45, 7) is 6.89. The summed E-state index contributed by atoms with van der Waals surface area (Å²) in [5.74, 6) is 2.25. The molecule has 0 heterocycles. The van der Waals surface area contributed by atoms with Gasteiger partial charge >= 0.3 is 0 Å². The zero-order chi connectivity index (χ0) is 14.7. The maximum Gasteiger partial charge on any atom is 0.160 e. The molecule has 1 saturated carbocycles. The lowest BCUT2D eigenvalue weighted by atomic mass is 9.77. The van der Waals surface area contributed by atoms with Crippen LogP contribution in [0.1, 0.15) is 51.6 Å². The topological polar surface area (TPSA) is 41.5 Å². The van der Waals surface area contributed by atoms with Gasteiger partial charge in [0.2, 0.25) is 0 Å². The number of rotatable bonds is 4. The van der Waals surface area contributed by atoms with E-state index in [-0.39, 0.29) is 11.8 Å². The van der Waals surface area contributed by atoms with Crippen LogP contribution in [0.2, 0.25) is 0 Å². The Morgan fingerprint density at radius 1 is 1.30 bits per heavy atom. The van der Waals surface area contributed by atoms with Gasteiger partial charge in [-0.2, -0.15) is 0 Å². The van der Waals surface area contributed by atoms with Crippen LogP contribution in [0.15, 0.2) is 18.2 Å². The number of hydrogen-bond acceptors (Lipinski definition) is 3. The number of aromatic hydroxyl groups is 1. The van der Waals surface area contributed by atoms with Crippen molar-refractivity contribution in [2.24, 2.45) is 11.8 Å². The highest BCUT2D eigenvalue weighted by atomic mass is 16.5. The summed E-state index contributed by atoms with van der Waals surface area (Å²) in [7, 11) is 1.59. The van der Waals surface area contributed by atoms with Crippen molar-refractivity contribution in [1.29, 1.82) is 0 Å². The van der Waals surface area contributed by atoms with Gasteiger partial charge in [0.15, 0.2) is 11.5 Å². The van der Waals surface area contributed by atoms with Crippen LogP contribution in [0.5, 0.6) is 11.5 Å². The summed E-state index contributed by atoms with van der Waals surface area (Å²) in [6.07, 6.45) is 3.92. The Hall–Kier alpha value is -1.22. The van der Waals surface area contributed by atoms with Gasteiger partial charge in [0.25, 0.3) is 0 Å². The van der Waals surface area contributed by atoms with Crippen molar-refractivity contribution in [3.63, 3.8) is 0 Å². The molecule has 0 spiro atoms. The SMILES string of the molecule is COc1cc(C(C)NC2CCCC(C)C2C)ccc1O. The Kier molecular flexibility index (Phi) is 4.92. The lowest BCUT2D eigenvalue weighted by Crippen LogP contribution is -2.41. The molecule has 2 N–H and O–H groups in total. The molecular weight excluding hydrogens is 250 g/mol. The predicted octanol–water partition coefficient (Wildman–Crippen LogP) is 3.88. The molecule has 2 rings (SSSR count). The molecule has 20 heavy (non-hydrogen) atoms. The molecule has 4 unspecified atom stereocenters. The highest BCUT2D eigenvalue weighted by molar-refractivity contribution is 5.42. The third-order valence-electron chi connectivity index (χ3n) is 4.87. The largest absolute Gasteiger partial charge is 0.504 e. The maximum atomic E-state index is 9.67. The minimum absolute atomic E-state index is 0.197. The second-order valence-electron chi connectivity index (χ2n) is 6.19. The van der Waals surface area contributed by atoms with E-state index in [2.05, 4.69) is 26.1 Å². The van der Waals surface area contributed by atoms with Crippen LogP contribution in [0.3, 0.4) is 0 Å². The minimum Gasteiger partial charge on any atom is -0.504 e. The second-order valence-corrected chi connectivity index (χ2v) is 6.19. The van der Waals surface area contributed by atoms with E-state index in [9.17, 15) is 5.11 Å². The van der Waals surface area contributed by atoms with Crippen molar-refractivity contribution in [1.82, 2.24) is 5.32 Å². The molecule has 3 heteroatoms. The third kappa shape index (κ3) is 3.26. The van der Waals surface area contributed by atoms with Crippen LogP contribution in [0, 0.1) is 11.8 Å². The molecule has 1 fully saturated rings. The Morgan fingerprint density at radius 3 is 2.75 bits per heavy atom. The van der Waals surface area contributed by atoms with Gasteiger partial charge < -0.3 is 15.2 Å². The predicted molar refractivity (Wildman–Crippen MR) is 82.2 cm³/mol. The normalized spacial score (nSPS) is 28.1. The molecule has 0 saturated heterocycles. The van der Waals surface area contributed by atoms with Crippen molar-refractivity contribution in [2.75, 3.05) is 7.11 Å². The molecule has 1 aliphatic carbocycles. The van der Waals surface area contributed by atoms with E-state index in [4.69, 9.17) is 4.74 Å². The van der Waals surface area contributed by atoms with Crippen LogP contribution >= 0.6 is 0 Å². The first-order valence-electron chi connectivity index (χ1n) is 7.66. The first-order chi connectivity index (χ1) is 9.52. The summed E-state index contributed by atoms with van der Waals surface area (Å²) >= 11 is 0. The highest BCUT2D eigenvalue weighted by Crippen LogP contribution is 2.33. The lowest BCUT2D eigenvalue weighted by molar-refractivity contribution is 0.196. The number of ether oxygens (including phenoxy) is 1. The van der Waals surface area contributed by atoms with Gasteiger partial charge in [0.05, 0.1) is 7.11 Å². The molecule has 112 valence electrons. The van der Waals surface area contributed by atoms with Crippen LogP contribution in [0.4, 0.5) is 0 Å². The lowest BCUT2D eigenvalue weighted by Gasteiger charge is -2.36. The molecule has 0 amide bonds. The van der Waals surface area contributed by atoms with Crippen LogP contribution < -0.4 is 10.1 Å². The van der Waals surface area contributed by atoms with Crippen molar-refractivity contribution >= 4 is 0 Å². The fourth-order valence-electron chi connectivity index (χ4n) is 3.20. The number of phenolic OH excluding ortho intramolecular Hbond substituents is 1. The molecule has 0 aromatic heterocycles. The molecule has 0 bridgehead atoms. The van der Waals surface area contributed by atoms with Gasteiger partial charge in [-0.1, -0.05) is 32.8 Å². The summed E-state index contributed by atoms with van der Waals surface area (Å²) in [5.41, 5.74) is 1.16. The molecule has 1 aromatic rings. The van der Waals surface area contributed by atoms with Gasteiger partial charge in [-0.05, 0) is 42.9 Å². The van der Waals surface area contributed by atoms with Gasteiger partial charge in [0, 0.05) is 12.1 Å². The van der Waals surface area contributed by atoms with E-state index in [0.717, 1.165) is 11.5 Å². The fraction of sp³-hybridized carbons (Fsp3) is 0.647. The van der Waals surface area contributed by atoms with Crippen LogP contribution in [-0.2, 0) is 0 Å². The molecule has 0 aliphatic heterocycles. The van der Waals surface area contributed by atoms with Gasteiger partial charge in [-0.15, -0.1) is 0 Å². The van der Waals surface area contributed by atoms with Gasteiger partial charge in [-0.25, -0.2) is 0 Å². The first kappa shape index (κ1) is 15.2. The molecule has 0 radical (unpaired) electrons. The van der Waals surface area contributed by atoms with Crippen LogP contribution in [0.25, 0.3) is 0 Å². The number of methoxy groups -OCH3 is 1. The number of benzene rings is 1. The third-order valence-corrected chi connectivity index (χ3v) is 4.87. The Labute approximate surface area is 122 Å². The van der Waals surface area contributed by atoms with Crippen molar-refractivity contribution in [3.8, 4) is 11.5 Å². The van der Waals surface area contributed by atoms with E-state index in [1.54, 1.807) is 13.2 Å². The first-order valence-corrected chi connectivity index (χ1v) is 7.66. The molecular formula is C17H27NO2.